The summed E-state index contributed by atoms with van der Waals surface area (Å²) in [7, 11) is 1.74. The number of aromatic nitrogens is 1. The van der Waals surface area contributed by atoms with Gasteiger partial charge in [-0.15, -0.1) is 0 Å². The normalized spacial score (nSPS) is 10.5. The summed E-state index contributed by atoms with van der Waals surface area (Å²) in [5.41, 5.74) is 2.16. The molecule has 0 saturated carbocycles. The van der Waals surface area contributed by atoms with Crippen LogP contribution >= 0.6 is 39.1 Å². The van der Waals surface area contributed by atoms with Crippen LogP contribution in [0.4, 0.5) is 5.82 Å². The minimum Gasteiger partial charge on any atom is -0.437 e. The van der Waals surface area contributed by atoms with Crippen LogP contribution < -0.4 is 10.1 Å². The minimum atomic E-state index is 0.321. The zero-order valence-electron chi connectivity index (χ0n) is 11.2. The predicted octanol–water partition coefficient (Wildman–Crippen LogP) is 5.60. The fourth-order valence-electron chi connectivity index (χ4n) is 1.77. The van der Waals surface area contributed by atoms with Gasteiger partial charge in [-0.05, 0) is 43.2 Å². The smallest absolute Gasteiger partial charge is 0.240 e. The van der Waals surface area contributed by atoms with Crippen LogP contribution in [0.15, 0.2) is 22.7 Å². The van der Waals surface area contributed by atoms with Gasteiger partial charge in [0.15, 0.2) is 0 Å². The zero-order chi connectivity index (χ0) is 14.9. The van der Waals surface area contributed by atoms with Gasteiger partial charge in [-0.3, -0.25) is 0 Å². The predicted molar refractivity (Wildman–Crippen MR) is 87.5 cm³/mol. The molecule has 0 amide bonds. The van der Waals surface area contributed by atoms with Gasteiger partial charge in [-0.2, -0.15) is 4.98 Å². The summed E-state index contributed by atoms with van der Waals surface area (Å²) in [6.07, 6.45) is 0. The maximum Gasteiger partial charge on any atom is 0.240 e. The van der Waals surface area contributed by atoms with E-state index in [1.54, 1.807) is 13.1 Å². The molecule has 6 heteroatoms. The second-order valence-corrected chi connectivity index (χ2v) is 5.94. The molecular formula is C14H13BrCl2N2O. The zero-order valence-corrected chi connectivity index (χ0v) is 14.3. The van der Waals surface area contributed by atoms with Gasteiger partial charge < -0.3 is 10.1 Å². The highest BCUT2D eigenvalue weighted by Crippen LogP contribution is 2.35. The molecule has 0 atom stereocenters. The molecule has 1 N–H and O–H groups in total. The van der Waals surface area contributed by atoms with Crippen LogP contribution in [0.25, 0.3) is 0 Å². The summed E-state index contributed by atoms with van der Waals surface area (Å²) in [5, 5.41) is 3.71. The Morgan fingerprint density at radius 2 is 1.70 bits per heavy atom. The quantitative estimate of drug-likeness (QED) is 0.757. The number of halogens is 3. The maximum atomic E-state index is 6.11. The maximum absolute atomic E-state index is 6.11. The highest BCUT2D eigenvalue weighted by molar-refractivity contribution is 9.10. The van der Waals surface area contributed by atoms with Crippen molar-refractivity contribution >= 4 is 44.9 Å². The average molecular weight is 376 g/mol. The largest absolute Gasteiger partial charge is 0.437 e. The van der Waals surface area contributed by atoms with Crippen LogP contribution in [0.3, 0.4) is 0 Å². The topological polar surface area (TPSA) is 34.2 Å². The number of benzene rings is 1. The molecule has 1 aromatic heterocycles. The number of rotatable bonds is 3. The lowest BCUT2D eigenvalue weighted by Gasteiger charge is -2.12. The summed E-state index contributed by atoms with van der Waals surface area (Å²) < 4.78 is 6.83. The Kier molecular flexibility index (Phi) is 4.78. The molecule has 1 heterocycles. The summed E-state index contributed by atoms with van der Waals surface area (Å²) in [4.78, 5) is 4.26. The van der Waals surface area contributed by atoms with Crippen LogP contribution in [0.2, 0.25) is 10.0 Å². The van der Waals surface area contributed by atoms with E-state index in [2.05, 4.69) is 26.2 Å². The van der Waals surface area contributed by atoms with Crippen LogP contribution in [0.5, 0.6) is 11.6 Å². The van der Waals surface area contributed by atoms with Crippen molar-refractivity contribution in [2.45, 2.75) is 13.8 Å². The van der Waals surface area contributed by atoms with E-state index in [1.165, 1.54) is 0 Å². The van der Waals surface area contributed by atoms with Crippen molar-refractivity contribution in [2.75, 3.05) is 12.4 Å². The van der Waals surface area contributed by atoms with E-state index in [0.717, 1.165) is 15.6 Å². The third kappa shape index (κ3) is 3.19. The molecule has 0 radical (unpaired) electrons. The van der Waals surface area contributed by atoms with Crippen molar-refractivity contribution < 1.29 is 4.74 Å². The molecule has 2 aromatic rings. The molecule has 0 fully saturated rings. The third-order valence-electron chi connectivity index (χ3n) is 2.76. The summed E-state index contributed by atoms with van der Waals surface area (Å²) in [6, 6.07) is 5.45. The van der Waals surface area contributed by atoms with Gasteiger partial charge in [0, 0.05) is 11.5 Å². The number of nitrogens with zero attached hydrogens (tertiary/aromatic N) is 1. The SMILES string of the molecule is CNc1nc(Oc2cc(C)c(Br)c(C)c2)c(Cl)cc1Cl. The molecule has 0 spiro atoms. The fraction of sp³-hybridized carbons (Fsp3) is 0.214. The standard InChI is InChI=1S/C14H13BrCl2N2O/c1-7-4-9(5-8(2)12(7)15)20-14-11(17)6-10(16)13(18-3)19-14/h4-6H,1-3H3,(H,18,19). The lowest BCUT2D eigenvalue weighted by Crippen LogP contribution is -1.97. The number of aryl methyl sites for hydroxylation is 2. The van der Waals surface area contributed by atoms with Crippen molar-refractivity contribution in [2.24, 2.45) is 0 Å². The molecule has 0 aliphatic rings. The number of ether oxygens (including phenoxy) is 1. The third-order valence-corrected chi connectivity index (χ3v) is 4.57. The Labute approximate surface area is 136 Å². The Bertz CT molecular complexity index is 639. The molecule has 0 aliphatic heterocycles. The van der Waals surface area contributed by atoms with E-state index in [1.807, 2.05) is 26.0 Å². The van der Waals surface area contributed by atoms with Gasteiger partial charge in [0.25, 0.3) is 0 Å². The van der Waals surface area contributed by atoms with E-state index in [-0.39, 0.29) is 0 Å². The molecule has 3 nitrogen and oxygen atoms in total. The van der Waals surface area contributed by atoms with E-state index >= 15 is 0 Å². The summed E-state index contributed by atoms with van der Waals surface area (Å²) in [5.74, 6) is 1.53. The molecule has 20 heavy (non-hydrogen) atoms. The van der Waals surface area contributed by atoms with Crippen LogP contribution in [-0.4, -0.2) is 12.0 Å². The summed E-state index contributed by atoms with van der Waals surface area (Å²) in [6.45, 7) is 4.00. The number of hydrogen-bond donors (Lipinski definition) is 1. The molecule has 106 valence electrons. The molecule has 0 aliphatic carbocycles. The molecule has 2 rings (SSSR count). The number of anilines is 1. The van der Waals surface area contributed by atoms with Gasteiger partial charge in [-0.25, -0.2) is 0 Å². The van der Waals surface area contributed by atoms with Gasteiger partial charge in [0.2, 0.25) is 5.88 Å². The average Bonchev–Trinajstić information content (AvgIpc) is 2.39. The second-order valence-electron chi connectivity index (χ2n) is 4.33. The Morgan fingerprint density at radius 1 is 1.10 bits per heavy atom. The van der Waals surface area contributed by atoms with Crippen molar-refractivity contribution in [3.63, 3.8) is 0 Å². The number of hydrogen-bond acceptors (Lipinski definition) is 3. The van der Waals surface area contributed by atoms with Crippen LogP contribution in [-0.2, 0) is 0 Å². The molecule has 1 aromatic carbocycles. The van der Waals surface area contributed by atoms with Crippen LogP contribution in [0.1, 0.15) is 11.1 Å². The first-order valence-corrected chi connectivity index (χ1v) is 7.45. The number of pyridine rings is 1. The van der Waals surface area contributed by atoms with Crippen molar-refractivity contribution in [3.8, 4) is 11.6 Å². The second kappa shape index (κ2) is 6.20. The first kappa shape index (κ1) is 15.4. The highest BCUT2D eigenvalue weighted by atomic mass is 79.9. The fourth-order valence-corrected chi connectivity index (χ4v) is 2.49. The van der Waals surface area contributed by atoms with Crippen molar-refractivity contribution in [1.29, 1.82) is 0 Å². The Balaban J connectivity index is 2.39. The first-order valence-electron chi connectivity index (χ1n) is 5.90. The molecule has 0 bridgehead atoms. The van der Waals surface area contributed by atoms with Crippen LogP contribution in [0, 0.1) is 13.8 Å². The Morgan fingerprint density at radius 3 is 2.25 bits per heavy atom. The molecular weight excluding hydrogens is 363 g/mol. The van der Waals surface area contributed by atoms with Gasteiger partial charge in [0.1, 0.15) is 16.6 Å². The Hall–Kier alpha value is -0.970. The van der Waals surface area contributed by atoms with Crippen molar-refractivity contribution in [3.05, 3.63) is 43.8 Å². The van der Waals surface area contributed by atoms with Gasteiger partial charge in [0.05, 0.1) is 5.02 Å². The van der Waals surface area contributed by atoms with Crippen molar-refractivity contribution in [1.82, 2.24) is 4.98 Å². The lowest BCUT2D eigenvalue weighted by molar-refractivity contribution is 0.463. The lowest BCUT2D eigenvalue weighted by atomic mass is 10.1. The number of nitrogens with one attached hydrogen (secondary N) is 1. The first-order chi connectivity index (χ1) is 9.42. The monoisotopic (exact) mass is 374 g/mol. The van der Waals surface area contributed by atoms with E-state index in [0.29, 0.717) is 27.5 Å². The molecule has 0 saturated heterocycles. The minimum absolute atomic E-state index is 0.321. The van der Waals surface area contributed by atoms with E-state index < -0.39 is 0 Å². The highest BCUT2D eigenvalue weighted by Gasteiger charge is 2.12. The molecule has 0 unspecified atom stereocenters. The van der Waals surface area contributed by atoms with E-state index in [9.17, 15) is 0 Å². The summed E-state index contributed by atoms with van der Waals surface area (Å²) >= 11 is 15.6. The van der Waals surface area contributed by atoms with Gasteiger partial charge >= 0.3 is 0 Å². The van der Waals surface area contributed by atoms with E-state index in [4.69, 9.17) is 27.9 Å². The van der Waals surface area contributed by atoms with Gasteiger partial charge in [-0.1, -0.05) is 39.1 Å².